The Morgan fingerprint density at radius 2 is 2.21 bits per heavy atom. The lowest BCUT2D eigenvalue weighted by Gasteiger charge is -2.19. The SMILES string of the molecule is CC(C)(C)OCc1ccnc(NN)c1. The molecule has 0 aliphatic heterocycles. The van der Waals surface area contributed by atoms with Gasteiger partial charge in [-0.3, -0.25) is 0 Å². The Morgan fingerprint density at radius 1 is 1.50 bits per heavy atom. The number of hydrogen-bond donors (Lipinski definition) is 2. The number of nitrogens with two attached hydrogens (primary N) is 1. The number of anilines is 1. The van der Waals surface area contributed by atoms with Crippen LogP contribution >= 0.6 is 0 Å². The smallest absolute Gasteiger partial charge is 0.140 e. The second-order valence-corrected chi connectivity index (χ2v) is 4.09. The Hall–Kier alpha value is -1.13. The number of aromatic nitrogens is 1. The zero-order valence-corrected chi connectivity index (χ0v) is 8.87. The van der Waals surface area contributed by atoms with Crippen LogP contribution in [0.1, 0.15) is 26.3 Å². The molecule has 0 aliphatic rings. The number of ether oxygens (including phenoxy) is 1. The van der Waals surface area contributed by atoms with Gasteiger partial charge in [-0.15, -0.1) is 0 Å². The molecule has 3 N–H and O–H groups in total. The fourth-order valence-electron chi connectivity index (χ4n) is 0.943. The molecule has 78 valence electrons. The molecule has 0 radical (unpaired) electrons. The zero-order valence-electron chi connectivity index (χ0n) is 8.87. The minimum Gasteiger partial charge on any atom is -0.371 e. The molecule has 0 atom stereocenters. The Bertz CT molecular complexity index is 294. The van der Waals surface area contributed by atoms with Gasteiger partial charge in [-0.25, -0.2) is 10.8 Å². The van der Waals surface area contributed by atoms with Crippen LogP contribution in [0, 0.1) is 0 Å². The van der Waals surface area contributed by atoms with Crippen LogP contribution in [0.5, 0.6) is 0 Å². The van der Waals surface area contributed by atoms with Crippen LogP contribution in [-0.2, 0) is 11.3 Å². The van der Waals surface area contributed by atoms with Crippen LogP contribution in [0.4, 0.5) is 5.82 Å². The van der Waals surface area contributed by atoms with E-state index in [1.165, 1.54) is 0 Å². The summed E-state index contributed by atoms with van der Waals surface area (Å²) in [5, 5.41) is 0. The molecule has 1 rings (SSSR count). The van der Waals surface area contributed by atoms with Gasteiger partial charge in [0, 0.05) is 6.20 Å². The molecule has 1 heterocycles. The number of hydrogen-bond acceptors (Lipinski definition) is 4. The number of rotatable bonds is 3. The summed E-state index contributed by atoms with van der Waals surface area (Å²) in [7, 11) is 0. The zero-order chi connectivity index (χ0) is 10.6. The molecule has 1 aromatic heterocycles. The number of hydrazine groups is 1. The van der Waals surface area contributed by atoms with Gasteiger partial charge in [0.15, 0.2) is 0 Å². The number of nitrogens with one attached hydrogen (secondary N) is 1. The highest BCUT2D eigenvalue weighted by atomic mass is 16.5. The largest absolute Gasteiger partial charge is 0.371 e. The second-order valence-electron chi connectivity index (χ2n) is 4.09. The van der Waals surface area contributed by atoms with E-state index in [9.17, 15) is 0 Å². The highest BCUT2D eigenvalue weighted by Gasteiger charge is 2.09. The molecule has 14 heavy (non-hydrogen) atoms. The van der Waals surface area contributed by atoms with E-state index in [1.54, 1.807) is 6.20 Å². The first kappa shape index (κ1) is 10.9. The van der Waals surface area contributed by atoms with Crippen molar-refractivity contribution in [3.8, 4) is 0 Å². The molecule has 4 nitrogen and oxygen atoms in total. The predicted molar refractivity (Wildman–Crippen MR) is 56.6 cm³/mol. The minimum atomic E-state index is -0.125. The molecule has 0 saturated carbocycles. The highest BCUT2D eigenvalue weighted by molar-refractivity contribution is 5.35. The van der Waals surface area contributed by atoms with Gasteiger partial charge in [0.25, 0.3) is 0 Å². The molecule has 4 heteroatoms. The lowest BCUT2D eigenvalue weighted by atomic mass is 10.2. The van der Waals surface area contributed by atoms with Crippen LogP contribution in [0.2, 0.25) is 0 Å². The van der Waals surface area contributed by atoms with Gasteiger partial charge in [-0.1, -0.05) is 0 Å². The molecule has 1 aromatic rings. The van der Waals surface area contributed by atoms with E-state index in [2.05, 4.69) is 10.4 Å². The molecule has 0 bridgehead atoms. The van der Waals surface area contributed by atoms with E-state index >= 15 is 0 Å². The van der Waals surface area contributed by atoms with Crippen LogP contribution in [0.15, 0.2) is 18.3 Å². The van der Waals surface area contributed by atoms with Gasteiger partial charge in [0.05, 0.1) is 12.2 Å². The lowest BCUT2D eigenvalue weighted by Crippen LogP contribution is -2.18. The molecule has 0 unspecified atom stereocenters. The molecular weight excluding hydrogens is 178 g/mol. The molecule has 0 aromatic carbocycles. The Morgan fingerprint density at radius 3 is 2.79 bits per heavy atom. The van der Waals surface area contributed by atoms with Gasteiger partial charge < -0.3 is 10.2 Å². The first-order valence-electron chi connectivity index (χ1n) is 4.57. The highest BCUT2D eigenvalue weighted by Crippen LogP contribution is 2.12. The maximum absolute atomic E-state index is 5.62. The van der Waals surface area contributed by atoms with Crippen molar-refractivity contribution < 1.29 is 4.74 Å². The summed E-state index contributed by atoms with van der Waals surface area (Å²) in [5.74, 6) is 5.90. The summed E-state index contributed by atoms with van der Waals surface area (Å²) >= 11 is 0. The first-order valence-corrected chi connectivity index (χ1v) is 4.57. The van der Waals surface area contributed by atoms with Crippen LogP contribution in [0.3, 0.4) is 0 Å². The maximum atomic E-state index is 5.62. The predicted octanol–water partition coefficient (Wildman–Crippen LogP) is 1.68. The normalized spacial score (nSPS) is 11.4. The first-order chi connectivity index (χ1) is 6.51. The van der Waals surface area contributed by atoms with Gasteiger partial charge in [0.2, 0.25) is 0 Å². The van der Waals surface area contributed by atoms with E-state index in [0.717, 1.165) is 5.56 Å². The molecule has 0 spiro atoms. The average Bonchev–Trinajstić information content (AvgIpc) is 2.14. The standard InChI is InChI=1S/C10H17N3O/c1-10(2,3)14-7-8-4-5-12-9(6-8)13-11/h4-6H,7,11H2,1-3H3,(H,12,13). The van der Waals surface area contributed by atoms with E-state index in [1.807, 2.05) is 32.9 Å². The van der Waals surface area contributed by atoms with Gasteiger partial charge in [-0.2, -0.15) is 0 Å². The van der Waals surface area contributed by atoms with Crippen molar-refractivity contribution in [2.45, 2.75) is 33.0 Å². The summed E-state index contributed by atoms with van der Waals surface area (Å²) in [6, 6.07) is 3.78. The summed E-state index contributed by atoms with van der Waals surface area (Å²) in [4.78, 5) is 4.01. The molecular formula is C10H17N3O. The Labute approximate surface area is 84.4 Å². The number of nitrogens with zero attached hydrogens (tertiary/aromatic N) is 1. The summed E-state index contributed by atoms with van der Waals surface area (Å²) in [5.41, 5.74) is 3.43. The van der Waals surface area contributed by atoms with Crippen molar-refractivity contribution in [3.63, 3.8) is 0 Å². The number of nitrogen functional groups attached to an aromatic ring is 1. The quantitative estimate of drug-likeness (QED) is 0.569. The summed E-state index contributed by atoms with van der Waals surface area (Å²) < 4.78 is 5.62. The average molecular weight is 195 g/mol. The van der Waals surface area contributed by atoms with E-state index in [-0.39, 0.29) is 5.60 Å². The molecule has 0 aliphatic carbocycles. The van der Waals surface area contributed by atoms with Crippen molar-refractivity contribution in [2.24, 2.45) is 5.84 Å². The van der Waals surface area contributed by atoms with Crippen molar-refractivity contribution >= 4 is 5.82 Å². The third-order valence-corrected chi connectivity index (χ3v) is 1.64. The van der Waals surface area contributed by atoms with E-state index in [0.29, 0.717) is 12.4 Å². The van der Waals surface area contributed by atoms with Crippen LogP contribution in [0.25, 0.3) is 0 Å². The van der Waals surface area contributed by atoms with Crippen LogP contribution in [-0.4, -0.2) is 10.6 Å². The van der Waals surface area contributed by atoms with Gasteiger partial charge in [0.1, 0.15) is 5.82 Å². The van der Waals surface area contributed by atoms with Crippen LogP contribution < -0.4 is 11.3 Å². The summed E-state index contributed by atoms with van der Waals surface area (Å²) in [6.45, 7) is 6.64. The molecule has 0 fully saturated rings. The molecule has 0 amide bonds. The Balaban J connectivity index is 2.59. The fraction of sp³-hybridized carbons (Fsp3) is 0.500. The third kappa shape index (κ3) is 3.72. The second kappa shape index (κ2) is 4.39. The van der Waals surface area contributed by atoms with Crippen molar-refractivity contribution in [1.29, 1.82) is 0 Å². The lowest BCUT2D eigenvalue weighted by molar-refractivity contribution is -0.0149. The van der Waals surface area contributed by atoms with Gasteiger partial charge in [-0.05, 0) is 38.5 Å². The number of pyridine rings is 1. The topological polar surface area (TPSA) is 60.2 Å². The Kier molecular flexibility index (Phi) is 3.43. The van der Waals surface area contributed by atoms with E-state index < -0.39 is 0 Å². The molecule has 0 saturated heterocycles. The third-order valence-electron chi connectivity index (χ3n) is 1.64. The monoisotopic (exact) mass is 195 g/mol. The minimum absolute atomic E-state index is 0.125. The van der Waals surface area contributed by atoms with Crippen molar-refractivity contribution in [2.75, 3.05) is 5.43 Å². The van der Waals surface area contributed by atoms with E-state index in [4.69, 9.17) is 10.6 Å². The fourth-order valence-corrected chi connectivity index (χ4v) is 0.943. The van der Waals surface area contributed by atoms with Gasteiger partial charge >= 0.3 is 0 Å². The van der Waals surface area contributed by atoms with Crippen molar-refractivity contribution in [3.05, 3.63) is 23.9 Å². The van der Waals surface area contributed by atoms with Crippen molar-refractivity contribution in [1.82, 2.24) is 4.98 Å². The summed E-state index contributed by atoms with van der Waals surface area (Å²) in [6.07, 6.45) is 1.70. The maximum Gasteiger partial charge on any atom is 0.140 e.